The van der Waals surface area contributed by atoms with Crippen LogP contribution < -0.4 is 25.5 Å². The molecule has 2 aliphatic carbocycles. The zero-order chi connectivity index (χ0) is 41.9. The molecule has 0 amide bonds. The van der Waals surface area contributed by atoms with Gasteiger partial charge in [-0.3, -0.25) is 0 Å². The van der Waals surface area contributed by atoms with Gasteiger partial charge in [0, 0.05) is 38.1 Å². The maximum atomic E-state index is 2.78. The second-order valence-electron chi connectivity index (χ2n) is 22.4. The van der Waals surface area contributed by atoms with Gasteiger partial charge in [-0.05, 0) is 150 Å². The Hall–Kier alpha value is -4.80. The SMILES string of the molecule is CC(C)(C)c1cc2c3c(c1)N(c1ccc4c(c1)C(C)(C)CCC4(C)C)c1c(sc4c1C(C)(C)CCC4(C)C)B3c1cc3ccccc3cc1N2c1ccc2ccccc2c1. The van der Waals surface area contributed by atoms with Crippen LogP contribution >= 0.6 is 11.3 Å². The Morgan fingerprint density at radius 3 is 1.75 bits per heavy atom. The maximum absolute atomic E-state index is 2.78. The molecule has 6 aromatic carbocycles. The Morgan fingerprint density at radius 2 is 1.07 bits per heavy atom. The summed E-state index contributed by atoms with van der Waals surface area (Å²) in [5.74, 6) is 0. The van der Waals surface area contributed by atoms with Gasteiger partial charge in [0.25, 0.3) is 6.71 Å². The Balaban J connectivity index is 1.30. The second-order valence-corrected chi connectivity index (χ2v) is 23.4. The maximum Gasteiger partial charge on any atom is 0.264 e. The van der Waals surface area contributed by atoms with E-state index in [-0.39, 0.29) is 33.8 Å². The summed E-state index contributed by atoms with van der Waals surface area (Å²) in [6, 6.07) is 42.7. The summed E-state index contributed by atoms with van der Waals surface area (Å²) >= 11 is 2.13. The van der Waals surface area contributed by atoms with Crippen molar-refractivity contribution >= 4 is 89.4 Å². The first-order chi connectivity index (χ1) is 28.3. The van der Waals surface area contributed by atoms with Gasteiger partial charge >= 0.3 is 0 Å². The van der Waals surface area contributed by atoms with Crippen LogP contribution in [0.1, 0.15) is 129 Å². The smallest absolute Gasteiger partial charge is 0.264 e. The normalized spacial score (nSPS) is 19.1. The number of nitrogens with zero attached hydrogens (tertiary/aromatic N) is 2. The molecular weight excluding hydrogens is 744 g/mol. The third kappa shape index (κ3) is 5.44. The van der Waals surface area contributed by atoms with Gasteiger partial charge in [-0.25, -0.2) is 0 Å². The zero-order valence-corrected chi connectivity index (χ0v) is 38.4. The van der Waals surface area contributed by atoms with E-state index < -0.39 is 0 Å². The van der Waals surface area contributed by atoms with Gasteiger partial charge in [0.2, 0.25) is 0 Å². The van der Waals surface area contributed by atoms with Gasteiger partial charge in [0.15, 0.2) is 0 Å². The van der Waals surface area contributed by atoms with Crippen LogP contribution in [-0.2, 0) is 27.1 Å². The van der Waals surface area contributed by atoms with Crippen LogP contribution in [0.4, 0.5) is 34.1 Å². The van der Waals surface area contributed by atoms with Crippen molar-refractivity contribution in [1.29, 1.82) is 0 Å². The number of hydrogen-bond donors (Lipinski definition) is 0. The lowest BCUT2D eigenvalue weighted by atomic mass is 9.35. The molecule has 3 heterocycles. The first-order valence-electron chi connectivity index (χ1n) is 22.5. The molecule has 7 aromatic rings. The molecule has 0 unspecified atom stereocenters. The molecule has 0 radical (unpaired) electrons. The Labute approximate surface area is 362 Å². The van der Waals surface area contributed by atoms with Crippen LogP contribution in [0.2, 0.25) is 0 Å². The van der Waals surface area contributed by atoms with E-state index in [9.17, 15) is 0 Å². The molecule has 1 aromatic heterocycles. The number of anilines is 6. The van der Waals surface area contributed by atoms with Crippen LogP contribution in [0.5, 0.6) is 0 Å². The van der Waals surface area contributed by atoms with Crippen LogP contribution in [-0.4, -0.2) is 6.71 Å². The first-order valence-corrected chi connectivity index (χ1v) is 23.3. The largest absolute Gasteiger partial charge is 0.311 e. The molecule has 0 spiro atoms. The zero-order valence-electron chi connectivity index (χ0n) is 37.6. The summed E-state index contributed by atoms with van der Waals surface area (Å²) < 4.78 is 1.51. The Morgan fingerprint density at radius 1 is 0.517 bits per heavy atom. The summed E-state index contributed by atoms with van der Waals surface area (Å²) in [5, 5.41) is 5.11. The third-order valence-corrected chi connectivity index (χ3v) is 17.0. The molecule has 0 saturated heterocycles. The highest BCUT2D eigenvalue weighted by atomic mass is 32.1. The third-order valence-electron chi connectivity index (χ3n) is 15.4. The quantitative estimate of drug-likeness (QED) is 0.161. The summed E-state index contributed by atoms with van der Waals surface area (Å²) in [6.07, 6.45) is 4.78. The topological polar surface area (TPSA) is 6.48 Å². The van der Waals surface area contributed by atoms with Crippen molar-refractivity contribution in [2.45, 2.75) is 129 Å². The van der Waals surface area contributed by atoms with Gasteiger partial charge in [-0.2, -0.15) is 11.3 Å². The molecule has 60 heavy (non-hydrogen) atoms. The van der Waals surface area contributed by atoms with E-state index in [1.807, 2.05) is 0 Å². The van der Waals surface area contributed by atoms with Crippen molar-refractivity contribution in [3.05, 3.63) is 136 Å². The van der Waals surface area contributed by atoms with Crippen LogP contribution in [0.3, 0.4) is 0 Å². The van der Waals surface area contributed by atoms with Crippen molar-refractivity contribution in [3.63, 3.8) is 0 Å². The van der Waals surface area contributed by atoms with Crippen LogP contribution in [0.25, 0.3) is 21.5 Å². The predicted molar refractivity (Wildman–Crippen MR) is 263 cm³/mol. The minimum atomic E-state index is -0.0805. The molecule has 4 aliphatic rings. The molecule has 2 aliphatic heterocycles. The molecule has 4 heteroatoms. The molecule has 0 fully saturated rings. The first kappa shape index (κ1) is 38.2. The molecule has 302 valence electrons. The minimum Gasteiger partial charge on any atom is -0.311 e. The van der Waals surface area contributed by atoms with Crippen molar-refractivity contribution in [2.75, 3.05) is 9.80 Å². The molecule has 0 atom stereocenters. The Bertz CT molecular complexity index is 2950. The van der Waals surface area contributed by atoms with E-state index in [0.29, 0.717) is 0 Å². The average molecular weight is 803 g/mol. The fourth-order valence-electron chi connectivity index (χ4n) is 11.5. The molecular formula is C56H59BN2S. The standard InChI is InChI=1S/C56H59BN2S/c1-52(2,3)38-31-45-48-46(32-38)59(40-22-23-41-42(33-40)54(6,7)25-24-53(41,4)5)49-47-50(56(10,11)27-26-55(47,8)9)60-51(49)57(48)43-29-36-18-14-15-19-37(36)30-44(43)58(45)39-21-20-34-16-12-13-17-35(34)28-39/h12-23,28-33H,24-27H2,1-11H3. The van der Waals surface area contributed by atoms with E-state index in [1.54, 1.807) is 10.4 Å². The summed E-state index contributed by atoms with van der Waals surface area (Å²) in [7, 11) is 0. The van der Waals surface area contributed by atoms with Gasteiger partial charge in [0.05, 0.1) is 5.69 Å². The van der Waals surface area contributed by atoms with Crippen LogP contribution in [0.15, 0.2) is 109 Å². The highest BCUT2D eigenvalue weighted by molar-refractivity contribution is 7.29. The van der Waals surface area contributed by atoms with Crippen molar-refractivity contribution < 1.29 is 0 Å². The predicted octanol–water partition coefficient (Wildman–Crippen LogP) is 14.1. The summed E-state index contributed by atoms with van der Waals surface area (Å²) in [6.45, 7) is 27.2. The number of hydrogen-bond acceptors (Lipinski definition) is 3. The molecule has 11 rings (SSSR count). The van der Waals surface area contributed by atoms with Gasteiger partial charge < -0.3 is 9.80 Å². The van der Waals surface area contributed by atoms with Crippen LogP contribution in [0, 0.1) is 0 Å². The van der Waals surface area contributed by atoms with Gasteiger partial charge in [-0.15, -0.1) is 0 Å². The molecule has 0 bridgehead atoms. The van der Waals surface area contributed by atoms with Gasteiger partial charge in [0.1, 0.15) is 0 Å². The lowest BCUT2D eigenvalue weighted by Gasteiger charge is -2.47. The highest BCUT2D eigenvalue weighted by Gasteiger charge is 2.51. The lowest BCUT2D eigenvalue weighted by molar-refractivity contribution is 0.332. The van der Waals surface area contributed by atoms with E-state index in [1.165, 1.54) is 114 Å². The Kier molecular flexibility index (Phi) is 7.89. The van der Waals surface area contributed by atoms with Crippen molar-refractivity contribution in [3.8, 4) is 0 Å². The monoisotopic (exact) mass is 802 g/mol. The minimum absolute atomic E-state index is 0.0304. The summed E-state index contributed by atoms with van der Waals surface area (Å²) in [5.41, 5.74) is 17.0. The van der Waals surface area contributed by atoms with E-state index in [4.69, 9.17) is 0 Å². The molecule has 2 nitrogen and oxygen atoms in total. The number of benzene rings is 6. The molecule has 0 saturated carbocycles. The fraction of sp³-hybridized carbons (Fsp3) is 0.357. The lowest BCUT2D eigenvalue weighted by Crippen LogP contribution is -2.60. The second kappa shape index (κ2) is 12.4. The van der Waals surface area contributed by atoms with Crippen molar-refractivity contribution in [2.24, 2.45) is 0 Å². The van der Waals surface area contributed by atoms with Gasteiger partial charge in [-0.1, -0.05) is 143 Å². The van der Waals surface area contributed by atoms with Crippen molar-refractivity contribution in [1.82, 2.24) is 0 Å². The fourth-order valence-corrected chi connectivity index (χ4v) is 13.2. The number of fused-ring (bicyclic) bond motifs is 9. The number of rotatable bonds is 2. The van der Waals surface area contributed by atoms with E-state index in [0.717, 1.165) is 0 Å². The highest BCUT2D eigenvalue weighted by Crippen LogP contribution is 2.57. The van der Waals surface area contributed by atoms with E-state index in [2.05, 4.69) is 206 Å². The summed E-state index contributed by atoms with van der Waals surface area (Å²) in [4.78, 5) is 6.99. The molecule has 0 N–H and O–H groups in total. The van der Waals surface area contributed by atoms with E-state index >= 15 is 0 Å². The average Bonchev–Trinajstić information content (AvgIpc) is 3.63. The number of thiophene rings is 1.